The summed E-state index contributed by atoms with van der Waals surface area (Å²) in [5.41, 5.74) is 15.2. The predicted molar refractivity (Wildman–Crippen MR) is 300 cm³/mol. The van der Waals surface area contributed by atoms with E-state index in [0.29, 0.717) is 17.5 Å². The van der Waals surface area contributed by atoms with E-state index < -0.39 is 0 Å². The second-order valence-electron chi connectivity index (χ2n) is 18.7. The molecule has 6 nitrogen and oxygen atoms in total. The summed E-state index contributed by atoms with van der Waals surface area (Å²) in [6.07, 6.45) is 0. The number of hydrogen-bond acceptors (Lipinski definition) is 4. The first-order chi connectivity index (χ1) is 36.2. The van der Waals surface area contributed by atoms with E-state index in [1.54, 1.807) is 0 Å². The maximum absolute atomic E-state index is 6.99. The second kappa shape index (κ2) is 16.3. The number of benzene rings is 11. The highest BCUT2D eigenvalue weighted by Crippen LogP contribution is 2.45. The van der Waals surface area contributed by atoms with Crippen LogP contribution in [0, 0.1) is 0 Å². The van der Waals surface area contributed by atoms with Crippen molar-refractivity contribution in [3.8, 4) is 67.8 Å². The molecule has 15 aromatic rings. The van der Waals surface area contributed by atoms with E-state index >= 15 is 0 Å². The van der Waals surface area contributed by atoms with Gasteiger partial charge in [-0.25, -0.2) is 15.0 Å². The molecule has 0 fully saturated rings. The van der Waals surface area contributed by atoms with Gasteiger partial charge in [-0.1, -0.05) is 188 Å². The van der Waals surface area contributed by atoms with Gasteiger partial charge in [0.15, 0.2) is 17.5 Å². The average Bonchev–Trinajstić information content (AvgIpc) is 4.12. The van der Waals surface area contributed by atoms with Gasteiger partial charge in [-0.2, -0.15) is 0 Å². The summed E-state index contributed by atoms with van der Waals surface area (Å²) < 4.78 is 11.7. The largest absolute Gasteiger partial charge is 0.456 e. The fourth-order valence-corrected chi connectivity index (χ4v) is 11.2. The average molecular weight is 932 g/mol. The summed E-state index contributed by atoms with van der Waals surface area (Å²) in [7, 11) is 0. The smallest absolute Gasteiger partial charge is 0.164 e. The van der Waals surface area contributed by atoms with Crippen LogP contribution in [-0.4, -0.2) is 24.1 Å². The Morgan fingerprint density at radius 3 is 1.58 bits per heavy atom. The molecule has 0 amide bonds. The van der Waals surface area contributed by atoms with Gasteiger partial charge in [0, 0.05) is 66.3 Å². The zero-order valence-electron chi connectivity index (χ0n) is 39.3. The zero-order valence-corrected chi connectivity index (χ0v) is 39.3. The number of aromatic nitrogens is 5. The van der Waals surface area contributed by atoms with Crippen LogP contribution in [-0.2, 0) is 0 Å². The molecule has 11 aromatic carbocycles. The normalized spacial score (nSPS) is 11.8. The Morgan fingerprint density at radius 2 is 0.836 bits per heavy atom. The Bertz CT molecular complexity index is 4650. The lowest BCUT2D eigenvalue weighted by Gasteiger charge is -2.15. The topological polar surface area (TPSA) is 61.7 Å². The first kappa shape index (κ1) is 40.9. The van der Waals surface area contributed by atoms with E-state index in [2.05, 4.69) is 246 Å². The van der Waals surface area contributed by atoms with E-state index in [-0.39, 0.29) is 0 Å². The highest BCUT2D eigenvalue weighted by molar-refractivity contribution is 6.18. The Labute approximate surface area is 419 Å². The summed E-state index contributed by atoms with van der Waals surface area (Å²) in [6, 6.07) is 88.0. The number of rotatable bonds is 7. The Hall–Kier alpha value is -9.91. The molecule has 0 aliphatic heterocycles. The summed E-state index contributed by atoms with van der Waals surface area (Å²) in [5.74, 6) is 1.73. The van der Waals surface area contributed by atoms with Gasteiger partial charge < -0.3 is 13.6 Å². The van der Waals surface area contributed by atoms with Gasteiger partial charge in [-0.15, -0.1) is 0 Å². The van der Waals surface area contributed by atoms with Gasteiger partial charge in [0.05, 0.1) is 27.8 Å². The third-order valence-corrected chi connectivity index (χ3v) is 14.6. The number of furan rings is 1. The van der Waals surface area contributed by atoms with E-state index in [1.807, 2.05) is 12.1 Å². The van der Waals surface area contributed by atoms with E-state index in [1.165, 1.54) is 21.5 Å². The van der Waals surface area contributed by atoms with Crippen LogP contribution >= 0.6 is 0 Å². The molecule has 0 atom stereocenters. The highest BCUT2D eigenvalue weighted by atomic mass is 16.3. The Balaban J connectivity index is 0.987. The molecular weight excluding hydrogens is 891 g/mol. The van der Waals surface area contributed by atoms with Crippen LogP contribution in [0.5, 0.6) is 0 Å². The molecule has 73 heavy (non-hydrogen) atoms. The van der Waals surface area contributed by atoms with Crippen LogP contribution in [0.4, 0.5) is 0 Å². The van der Waals surface area contributed by atoms with Crippen LogP contribution in [0.3, 0.4) is 0 Å². The summed E-state index contributed by atoms with van der Waals surface area (Å²) in [4.78, 5) is 16.3. The third kappa shape index (κ3) is 6.54. The van der Waals surface area contributed by atoms with Crippen LogP contribution in [0.2, 0.25) is 0 Å². The molecule has 0 unspecified atom stereocenters. The molecule has 0 radical (unpaired) electrons. The van der Waals surface area contributed by atoms with E-state index in [0.717, 1.165) is 105 Å². The molecule has 0 N–H and O–H groups in total. The van der Waals surface area contributed by atoms with Gasteiger partial charge in [-0.3, -0.25) is 0 Å². The van der Waals surface area contributed by atoms with Crippen molar-refractivity contribution in [2.45, 2.75) is 0 Å². The lowest BCUT2D eigenvalue weighted by molar-refractivity contribution is 0.668. The molecule has 15 rings (SSSR count). The lowest BCUT2D eigenvalue weighted by atomic mass is 9.98. The lowest BCUT2D eigenvalue weighted by Crippen LogP contribution is -2.01. The monoisotopic (exact) mass is 931 g/mol. The summed E-state index contributed by atoms with van der Waals surface area (Å²) in [5, 5.41) is 8.93. The van der Waals surface area contributed by atoms with Crippen molar-refractivity contribution < 1.29 is 4.42 Å². The summed E-state index contributed by atoms with van der Waals surface area (Å²) >= 11 is 0. The predicted octanol–water partition coefficient (Wildman–Crippen LogP) is 17.5. The maximum Gasteiger partial charge on any atom is 0.164 e. The molecule has 0 aliphatic rings. The Morgan fingerprint density at radius 1 is 0.288 bits per heavy atom. The zero-order chi connectivity index (χ0) is 48.0. The van der Waals surface area contributed by atoms with Crippen LogP contribution < -0.4 is 0 Å². The molecule has 4 heterocycles. The van der Waals surface area contributed by atoms with Crippen molar-refractivity contribution in [3.05, 3.63) is 249 Å². The maximum atomic E-state index is 6.99. The van der Waals surface area contributed by atoms with Crippen molar-refractivity contribution in [2.24, 2.45) is 0 Å². The molecule has 4 aromatic heterocycles. The van der Waals surface area contributed by atoms with Crippen molar-refractivity contribution in [1.82, 2.24) is 24.1 Å². The first-order valence-electron chi connectivity index (χ1n) is 24.7. The molecule has 340 valence electrons. The quantitative estimate of drug-likeness (QED) is 0.160. The minimum absolute atomic E-state index is 0.559. The Kier molecular flexibility index (Phi) is 9.16. The first-order valence-corrected chi connectivity index (χ1v) is 24.7. The molecule has 0 spiro atoms. The molecule has 0 saturated heterocycles. The fourth-order valence-electron chi connectivity index (χ4n) is 11.2. The standard InChI is InChI=1S/C67H41N5O/c1-4-18-42(19-5-1)43-34-36-45(37-35-43)65-68-66(51-28-16-32-58-63(51)50-27-13-15-31-57(50)71(58)48-24-8-3-9-25-48)70-67(69-65)52-29-17-33-61-64(52)55-40-53(44-20-6-2-7-21-44)60(41-62(55)73-61)72-56-30-14-12-26-49(56)54-38-46-22-10-11-23-47(46)39-59(54)72/h1-41H. The summed E-state index contributed by atoms with van der Waals surface area (Å²) in [6.45, 7) is 0. The van der Waals surface area contributed by atoms with Gasteiger partial charge in [0.2, 0.25) is 0 Å². The van der Waals surface area contributed by atoms with E-state index in [4.69, 9.17) is 19.4 Å². The fraction of sp³-hybridized carbons (Fsp3) is 0. The molecule has 0 saturated carbocycles. The van der Waals surface area contributed by atoms with Gasteiger partial charge in [0.1, 0.15) is 11.2 Å². The number of fused-ring (bicyclic) bond motifs is 10. The minimum Gasteiger partial charge on any atom is -0.456 e. The molecule has 6 heteroatoms. The van der Waals surface area contributed by atoms with Gasteiger partial charge >= 0.3 is 0 Å². The van der Waals surface area contributed by atoms with Crippen molar-refractivity contribution in [1.29, 1.82) is 0 Å². The SMILES string of the molecule is c1ccc(-c2ccc(-c3nc(-c4cccc5oc6cc(-n7c8ccccc8c8cc9ccccc9cc87)c(-c7ccccc7)cc6c45)nc(-c4cccc5c4c4ccccc4n5-c4ccccc4)n3)cc2)cc1. The van der Waals surface area contributed by atoms with Crippen molar-refractivity contribution in [3.63, 3.8) is 0 Å². The molecule has 0 aliphatic carbocycles. The molecular formula is C67H41N5O. The number of para-hydroxylation sites is 3. The van der Waals surface area contributed by atoms with Gasteiger partial charge in [0.25, 0.3) is 0 Å². The van der Waals surface area contributed by atoms with Crippen LogP contribution in [0.1, 0.15) is 0 Å². The second-order valence-corrected chi connectivity index (χ2v) is 18.7. The minimum atomic E-state index is 0.559. The van der Waals surface area contributed by atoms with Crippen LogP contribution in [0.25, 0.3) is 144 Å². The molecule has 0 bridgehead atoms. The van der Waals surface area contributed by atoms with Crippen molar-refractivity contribution in [2.75, 3.05) is 0 Å². The number of nitrogens with zero attached hydrogens (tertiary/aromatic N) is 5. The van der Waals surface area contributed by atoms with Crippen LogP contribution in [0.15, 0.2) is 253 Å². The van der Waals surface area contributed by atoms with Crippen molar-refractivity contribution >= 4 is 76.3 Å². The highest BCUT2D eigenvalue weighted by Gasteiger charge is 2.24. The van der Waals surface area contributed by atoms with Gasteiger partial charge in [-0.05, 0) is 82.1 Å². The number of hydrogen-bond donors (Lipinski definition) is 0. The van der Waals surface area contributed by atoms with E-state index in [9.17, 15) is 0 Å². The third-order valence-electron chi connectivity index (χ3n) is 14.6.